The van der Waals surface area contributed by atoms with E-state index >= 15 is 0 Å². The molecule has 1 saturated carbocycles. The highest BCUT2D eigenvalue weighted by Crippen LogP contribution is 2.28. The molecule has 1 aliphatic heterocycles. The first-order valence-corrected chi connectivity index (χ1v) is 8.20. The van der Waals surface area contributed by atoms with E-state index in [2.05, 4.69) is 25.8 Å². The molecule has 0 N–H and O–H groups in total. The summed E-state index contributed by atoms with van der Waals surface area (Å²) in [6.07, 6.45) is 11.8. The topological polar surface area (TPSA) is 3.24 Å². The Bertz CT molecular complexity index is 241. The van der Waals surface area contributed by atoms with Crippen LogP contribution in [0.15, 0.2) is 0 Å². The molecule has 0 aromatic rings. The van der Waals surface area contributed by atoms with Gasteiger partial charge in [-0.2, -0.15) is 0 Å². The average molecular weight is 253 g/mol. The second-order valence-electron chi connectivity index (χ2n) is 7.10. The molecule has 2 heteroatoms. The van der Waals surface area contributed by atoms with Gasteiger partial charge in [0, 0.05) is 6.04 Å². The Hall–Kier alpha value is -0.0800. The molecule has 0 radical (unpaired) electrons. The summed E-state index contributed by atoms with van der Waals surface area (Å²) in [6.45, 7) is 8.67. The van der Waals surface area contributed by atoms with Crippen molar-refractivity contribution in [1.82, 2.24) is 4.90 Å². The Morgan fingerprint density at radius 2 is 1.50 bits per heavy atom. The summed E-state index contributed by atoms with van der Waals surface area (Å²) in [5, 5.41) is 0. The lowest BCUT2D eigenvalue weighted by Crippen LogP contribution is -2.51. The van der Waals surface area contributed by atoms with E-state index in [1.165, 1.54) is 75.6 Å². The lowest BCUT2D eigenvalue weighted by atomic mass is 10.0. The van der Waals surface area contributed by atoms with E-state index in [0.717, 1.165) is 12.1 Å². The van der Waals surface area contributed by atoms with Crippen LogP contribution in [0.5, 0.6) is 0 Å². The van der Waals surface area contributed by atoms with E-state index in [4.69, 9.17) is 0 Å². The smallest absolute Gasteiger partial charge is 0.135 e. The molecule has 0 aromatic carbocycles. The molecule has 0 bridgehead atoms. The van der Waals surface area contributed by atoms with Crippen LogP contribution in [0.4, 0.5) is 0 Å². The van der Waals surface area contributed by atoms with Gasteiger partial charge >= 0.3 is 0 Å². The van der Waals surface area contributed by atoms with Gasteiger partial charge in [0.05, 0.1) is 26.2 Å². The number of quaternary nitrogens is 1. The molecule has 1 aliphatic carbocycles. The summed E-state index contributed by atoms with van der Waals surface area (Å²) in [5.41, 5.74) is 0. The molecule has 1 unspecified atom stereocenters. The predicted octanol–water partition coefficient (Wildman–Crippen LogP) is 3.62. The van der Waals surface area contributed by atoms with E-state index < -0.39 is 0 Å². The molecular weight excluding hydrogens is 220 g/mol. The van der Waals surface area contributed by atoms with Crippen LogP contribution in [-0.4, -0.2) is 48.3 Å². The molecule has 106 valence electrons. The van der Waals surface area contributed by atoms with Crippen molar-refractivity contribution < 1.29 is 4.48 Å². The molecule has 0 amide bonds. The molecule has 1 heterocycles. The van der Waals surface area contributed by atoms with Crippen molar-refractivity contribution >= 4 is 0 Å². The first kappa shape index (κ1) is 14.3. The lowest BCUT2D eigenvalue weighted by Gasteiger charge is -2.38. The van der Waals surface area contributed by atoms with Crippen LogP contribution < -0.4 is 0 Å². The Labute approximate surface area is 114 Å². The second kappa shape index (κ2) is 6.38. The Balaban J connectivity index is 1.95. The third-order valence-electron chi connectivity index (χ3n) is 5.34. The standard InChI is InChI=1S/C16H33N2/c1-15(2)17-12-13-18(3,14-17)16-10-8-6-4-5-7-9-11-16/h15-16H,4-14H2,1-3H3/q+1. The van der Waals surface area contributed by atoms with Crippen LogP contribution in [0.2, 0.25) is 0 Å². The second-order valence-corrected chi connectivity index (χ2v) is 7.10. The van der Waals surface area contributed by atoms with Crippen molar-refractivity contribution in [2.24, 2.45) is 0 Å². The quantitative estimate of drug-likeness (QED) is 0.680. The van der Waals surface area contributed by atoms with E-state index in [9.17, 15) is 0 Å². The normalized spacial score (nSPS) is 33.3. The number of rotatable bonds is 2. The van der Waals surface area contributed by atoms with Crippen molar-refractivity contribution in [2.75, 3.05) is 26.8 Å². The Kier molecular flexibility index (Phi) is 5.08. The van der Waals surface area contributed by atoms with Crippen molar-refractivity contribution in [3.8, 4) is 0 Å². The molecule has 18 heavy (non-hydrogen) atoms. The highest BCUT2D eigenvalue weighted by Gasteiger charge is 2.39. The van der Waals surface area contributed by atoms with Crippen molar-refractivity contribution in [3.63, 3.8) is 0 Å². The molecule has 1 atom stereocenters. The maximum Gasteiger partial charge on any atom is 0.135 e. The van der Waals surface area contributed by atoms with E-state index in [0.29, 0.717) is 0 Å². The van der Waals surface area contributed by atoms with Gasteiger partial charge in [-0.15, -0.1) is 0 Å². The van der Waals surface area contributed by atoms with Crippen LogP contribution in [-0.2, 0) is 0 Å². The minimum atomic E-state index is 0.723. The highest BCUT2D eigenvalue weighted by molar-refractivity contribution is 4.71. The summed E-state index contributed by atoms with van der Waals surface area (Å²) in [4.78, 5) is 2.67. The zero-order chi connectivity index (χ0) is 13.0. The third-order valence-corrected chi connectivity index (χ3v) is 5.34. The Morgan fingerprint density at radius 1 is 0.944 bits per heavy atom. The molecule has 1 saturated heterocycles. The molecule has 2 rings (SSSR count). The van der Waals surface area contributed by atoms with Gasteiger partial charge in [0.1, 0.15) is 6.67 Å². The average Bonchev–Trinajstić information content (AvgIpc) is 2.78. The van der Waals surface area contributed by atoms with Gasteiger partial charge < -0.3 is 4.48 Å². The molecule has 0 aromatic heterocycles. The van der Waals surface area contributed by atoms with Gasteiger partial charge in [-0.25, -0.2) is 4.90 Å². The van der Waals surface area contributed by atoms with Gasteiger partial charge in [0.15, 0.2) is 0 Å². The van der Waals surface area contributed by atoms with Crippen molar-refractivity contribution in [2.45, 2.75) is 77.3 Å². The van der Waals surface area contributed by atoms with E-state index in [-0.39, 0.29) is 0 Å². The van der Waals surface area contributed by atoms with Crippen LogP contribution in [0, 0.1) is 0 Å². The monoisotopic (exact) mass is 253 g/mol. The lowest BCUT2D eigenvalue weighted by molar-refractivity contribution is -0.927. The SMILES string of the molecule is CC(C)N1CC[N+](C)(C2CCCCCCCC2)C1. The minimum absolute atomic E-state index is 0.723. The largest absolute Gasteiger partial charge is 0.310 e. The van der Waals surface area contributed by atoms with Crippen LogP contribution in [0.25, 0.3) is 0 Å². The fraction of sp³-hybridized carbons (Fsp3) is 1.00. The van der Waals surface area contributed by atoms with Gasteiger partial charge in [0.2, 0.25) is 0 Å². The summed E-state index contributed by atoms with van der Waals surface area (Å²) >= 11 is 0. The highest BCUT2D eigenvalue weighted by atomic mass is 15.5. The number of hydrogen-bond donors (Lipinski definition) is 0. The summed E-state index contributed by atoms with van der Waals surface area (Å²) < 4.78 is 1.33. The molecular formula is C16H33N2+. The summed E-state index contributed by atoms with van der Waals surface area (Å²) in [5.74, 6) is 0. The number of nitrogens with zero attached hydrogens (tertiary/aromatic N) is 2. The number of likely N-dealkylation sites (N-methyl/N-ethyl adjacent to an activating group) is 1. The summed E-state index contributed by atoms with van der Waals surface area (Å²) in [6, 6.07) is 1.66. The van der Waals surface area contributed by atoms with Crippen LogP contribution in [0.1, 0.15) is 65.2 Å². The Morgan fingerprint density at radius 3 is 2.00 bits per heavy atom. The van der Waals surface area contributed by atoms with Gasteiger partial charge in [-0.1, -0.05) is 25.7 Å². The molecule has 2 nitrogen and oxygen atoms in total. The van der Waals surface area contributed by atoms with Crippen LogP contribution in [0.3, 0.4) is 0 Å². The number of hydrogen-bond acceptors (Lipinski definition) is 1. The van der Waals surface area contributed by atoms with E-state index in [1.807, 2.05) is 0 Å². The van der Waals surface area contributed by atoms with E-state index in [1.54, 1.807) is 0 Å². The molecule has 2 fully saturated rings. The maximum absolute atomic E-state index is 2.67. The zero-order valence-corrected chi connectivity index (χ0v) is 12.8. The van der Waals surface area contributed by atoms with Gasteiger partial charge in [-0.3, -0.25) is 0 Å². The third kappa shape index (κ3) is 3.48. The minimum Gasteiger partial charge on any atom is -0.310 e. The summed E-state index contributed by atoms with van der Waals surface area (Å²) in [7, 11) is 2.52. The first-order valence-electron chi connectivity index (χ1n) is 8.20. The van der Waals surface area contributed by atoms with Crippen molar-refractivity contribution in [3.05, 3.63) is 0 Å². The van der Waals surface area contributed by atoms with Crippen LogP contribution >= 0.6 is 0 Å². The predicted molar refractivity (Wildman–Crippen MR) is 78.5 cm³/mol. The van der Waals surface area contributed by atoms with Gasteiger partial charge in [-0.05, 0) is 39.5 Å². The fourth-order valence-electron chi connectivity index (χ4n) is 3.87. The molecule has 0 spiro atoms. The van der Waals surface area contributed by atoms with Crippen molar-refractivity contribution in [1.29, 1.82) is 0 Å². The van der Waals surface area contributed by atoms with Gasteiger partial charge in [0.25, 0.3) is 0 Å². The fourth-order valence-corrected chi connectivity index (χ4v) is 3.87. The first-order chi connectivity index (χ1) is 8.62. The zero-order valence-electron chi connectivity index (χ0n) is 12.8. The molecule has 2 aliphatic rings. The maximum atomic E-state index is 2.67.